The van der Waals surface area contributed by atoms with E-state index in [2.05, 4.69) is 15.8 Å². The first-order valence-corrected chi connectivity index (χ1v) is 11.6. The largest absolute Gasteiger partial charge is 0.475 e. The fourth-order valence-corrected chi connectivity index (χ4v) is 4.25. The number of oxime groups is 1. The van der Waals surface area contributed by atoms with Gasteiger partial charge in [0, 0.05) is 18.4 Å². The van der Waals surface area contributed by atoms with E-state index in [4.69, 9.17) is 4.84 Å². The zero-order valence-electron chi connectivity index (χ0n) is 19.5. The summed E-state index contributed by atoms with van der Waals surface area (Å²) in [5.41, 5.74) is 0.584. The first kappa shape index (κ1) is 24.4. The Bertz CT molecular complexity index is 1230. The molecule has 2 unspecified atom stereocenters. The molecule has 0 aliphatic carbocycles. The molecule has 1 aliphatic rings. The van der Waals surface area contributed by atoms with Gasteiger partial charge in [-0.2, -0.15) is 0 Å². The van der Waals surface area contributed by atoms with Crippen LogP contribution in [0.25, 0.3) is 10.8 Å². The maximum Gasteiger partial charge on any atom is 0.475 e. The normalized spacial score (nSPS) is 17.9. The average molecular weight is 473 g/mol. The van der Waals surface area contributed by atoms with E-state index in [-0.39, 0.29) is 25.3 Å². The first-order valence-electron chi connectivity index (χ1n) is 11.6. The minimum Gasteiger partial charge on any atom is -0.426 e. The van der Waals surface area contributed by atoms with Crippen LogP contribution in [0.2, 0.25) is 0 Å². The lowest BCUT2D eigenvalue weighted by Gasteiger charge is -2.28. The minimum atomic E-state index is -1.69. The standard InChI is InChI=1S/C26H28BN3O5/c1-2-23(27(33)34)29-25(32)26(15-18-9-4-3-5-10-18)16-20(30-35-26)17-28-24(31)22-14-8-12-19-11-6-7-13-21(19)22/h3-14,23,33-34H,2,15-17H2,1H3,(H,28,31)(H,29,32). The van der Waals surface area contributed by atoms with Crippen LogP contribution in [0.4, 0.5) is 0 Å². The minimum absolute atomic E-state index is 0.117. The summed E-state index contributed by atoms with van der Waals surface area (Å²) in [7, 11) is -1.69. The van der Waals surface area contributed by atoms with E-state index in [1.165, 1.54) is 0 Å². The lowest BCUT2D eigenvalue weighted by Crippen LogP contribution is -2.55. The van der Waals surface area contributed by atoms with Crippen LogP contribution in [-0.2, 0) is 16.1 Å². The van der Waals surface area contributed by atoms with Crippen LogP contribution in [0.15, 0.2) is 78.0 Å². The zero-order chi connectivity index (χ0) is 24.8. The van der Waals surface area contributed by atoms with Gasteiger partial charge in [0.1, 0.15) is 0 Å². The van der Waals surface area contributed by atoms with Gasteiger partial charge in [0.15, 0.2) is 0 Å². The van der Waals surface area contributed by atoms with Gasteiger partial charge in [-0.1, -0.05) is 78.8 Å². The van der Waals surface area contributed by atoms with Crippen molar-refractivity contribution in [2.45, 2.75) is 37.7 Å². The monoisotopic (exact) mass is 473 g/mol. The predicted octanol–water partition coefficient (Wildman–Crippen LogP) is 2.23. The van der Waals surface area contributed by atoms with Crippen molar-refractivity contribution in [2.75, 3.05) is 6.54 Å². The van der Waals surface area contributed by atoms with Crippen molar-refractivity contribution in [2.24, 2.45) is 5.16 Å². The number of rotatable bonds is 9. The summed E-state index contributed by atoms with van der Waals surface area (Å²) in [6.07, 6.45) is 0.725. The molecule has 1 heterocycles. The van der Waals surface area contributed by atoms with Crippen LogP contribution in [0.5, 0.6) is 0 Å². The lowest BCUT2D eigenvalue weighted by atomic mass is 9.77. The molecule has 0 saturated heterocycles. The third-order valence-corrected chi connectivity index (χ3v) is 6.19. The molecule has 3 aromatic rings. The number of benzene rings is 3. The van der Waals surface area contributed by atoms with E-state index in [0.717, 1.165) is 16.3 Å². The van der Waals surface area contributed by atoms with Crippen molar-refractivity contribution < 1.29 is 24.5 Å². The van der Waals surface area contributed by atoms with Crippen LogP contribution in [0.3, 0.4) is 0 Å². The molecule has 0 fully saturated rings. The lowest BCUT2D eigenvalue weighted by molar-refractivity contribution is -0.144. The van der Waals surface area contributed by atoms with Crippen molar-refractivity contribution in [3.8, 4) is 0 Å². The van der Waals surface area contributed by atoms with E-state index < -0.39 is 24.6 Å². The Hall–Kier alpha value is -3.69. The molecule has 180 valence electrons. The number of hydrogen-bond donors (Lipinski definition) is 4. The Labute approximate surface area is 204 Å². The van der Waals surface area contributed by atoms with Gasteiger partial charge in [-0.3, -0.25) is 9.59 Å². The summed E-state index contributed by atoms with van der Waals surface area (Å²) >= 11 is 0. The highest BCUT2D eigenvalue weighted by atomic mass is 16.7. The Morgan fingerprint density at radius 2 is 1.77 bits per heavy atom. The van der Waals surface area contributed by atoms with Crippen molar-refractivity contribution in [1.82, 2.24) is 10.6 Å². The molecule has 0 aromatic heterocycles. The fourth-order valence-electron chi connectivity index (χ4n) is 4.25. The van der Waals surface area contributed by atoms with Crippen LogP contribution in [0.1, 0.15) is 35.7 Å². The average Bonchev–Trinajstić information content (AvgIpc) is 3.29. The van der Waals surface area contributed by atoms with Crippen molar-refractivity contribution >= 4 is 35.4 Å². The van der Waals surface area contributed by atoms with Crippen molar-refractivity contribution in [3.63, 3.8) is 0 Å². The van der Waals surface area contributed by atoms with E-state index in [1.807, 2.05) is 66.7 Å². The quantitative estimate of drug-likeness (QED) is 0.356. The van der Waals surface area contributed by atoms with Gasteiger partial charge in [-0.05, 0) is 28.8 Å². The Balaban J connectivity index is 1.48. The molecule has 2 atom stereocenters. The topological polar surface area (TPSA) is 120 Å². The third kappa shape index (κ3) is 5.53. The van der Waals surface area contributed by atoms with E-state index in [1.54, 1.807) is 13.0 Å². The van der Waals surface area contributed by atoms with Gasteiger partial charge in [0.2, 0.25) is 5.60 Å². The second kappa shape index (κ2) is 10.7. The Morgan fingerprint density at radius 3 is 2.51 bits per heavy atom. The van der Waals surface area contributed by atoms with Gasteiger partial charge in [0.25, 0.3) is 11.8 Å². The molecule has 8 nitrogen and oxygen atoms in total. The highest BCUT2D eigenvalue weighted by Gasteiger charge is 2.47. The maximum absolute atomic E-state index is 13.3. The SMILES string of the molecule is CCC(NC(=O)C1(Cc2ccccc2)CC(CNC(=O)c2cccc3ccccc23)=NO1)B(O)O. The number of nitrogens with one attached hydrogen (secondary N) is 2. The number of amides is 2. The second-order valence-electron chi connectivity index (χ2n) is 8.69. The van der Waals surface area contributed by atoms with E-state index in [9.17, 15) is 19.6 Å². The molecular formula is C26H28BN3O5. The molecule has 35 heavy (non-hydrogen) atoms. The van der Waals surface area contributed by atoms with Crippen LogP contribution in [-0.4, -0.2) is 52.8 Å². The van der Waals surface area contributed by atoms with Gasteiger partial charge in [0.05, 0.1) is 18.2 Å². The smallest absolute Gasteiger partial charge is 0.426 e. The summed E-state index contributed by atoms with van der Waals surface area (Å²) in [5, 5.41) is 30.7. The highest BCUT2D eigenvalue weighted by Crippen LogP contribution is 2.29. The van der Waals surface area contributed by atoms with Crippen LogP contribution in [0, 0.1) is 0 Å². The van der Waals surface area contributed by atoms with Crippen LogP contribution < -0.4 is 10.6 Å². The molecule has 4 N–H and O–H groups in total. The number of fused-ring (bicyclic) bond motifs is 1. The summed E-state index contributed by atoms with van der Waals surface area (Å²) in [4.78, 5) is 31.9. The van der Waals surface area contributed by atoms with Gasteiger partial charge >= 0.3 is 7.12 Å². The summed E-state index contributed by atoms with van der Waals surface area (Å²) in [5.74, 6) is -1.57. The molecule has 9 heteroatoms. The highest BCUT2D eigenvalue weighted by molar-refractivity contribution is 6.43. The number of carbonyl (C=O) groups excluding carboxylic acids is 2. The summed E-state index contributed by atoms with van der Waals surface area (Å²) < 4.78 is 0. The van der Waals surface area contributed by atoms with Crippen molar-refractivity contribution in [3.05, 3.63) is 83.9 Å². The zero-order valence-corrected chi connectivity index (χ0v) is 19.5. The molecule has 0 spiro atoms. The molecule has 2 amide bonds. The second-order valence-corrected chi connectivity index (χ2v) is 8.69. The molecule has 3 aromatic carbocycles. The Morgan fingerprint density at radius 1 is 1.06 bits per heavy atom. The summed E-state index contributed by atoms with van der Waals surface area (Å²) in [6, 6.07) is 22.6. The molecule has 0 saturated carbocycles. The van der Waals surface area contributed by atoms with Crippen LogP contribution >= 0.6 is 0 Å². The molecule has 1 aliphatic heterocycles. The number of hydrogen-bond acceptors (Lipinski definition) is 6. The van der Waals surface area contributed by atoms with E-state index in [0.29, 0.717) is 17.7 Å². The Kier molecular flexibility index (Phi) is 7.48. The predicted molar refractivity (Wildman–Crippen MR) is 135 cm³/mol. The third-order valence-electron chi connectivity index (χ3n) is 6.19. The van der Waals surface area contributed by atoms with Crippen molar-refractivity contribution in [1.29, 1.82) is 0 Å². The molecule has 0 bridgehead atoms. The van der Waals surface area contributed by atoms with Gasteiger partial charge in [-0.15, -0.1) is 0 Å². The molecular weight excluding hydrogens is 445 g/mol. The molecule has 4 rings (SSSR count). The first-order chi connectivity index (χ1) is 16.9. The van der Waals surface area contributed by atoms with E-state index >= 15 is 0 Å². The number of nitrogens with zero attached hydrogens (tertiary/aromatic N) is 1. The fraction of sp³-hybridized carbons (Fsp3) is 0.269. The molecule has 0 radical (unpaired) electrons. The summed E-state index contributed by atoms with van der Waals surface area (Å²) in [6.45, 7) is 1.86. The maximum atomic E-state index is 13.3. The van der Waals surface area contributed by atoms with Gasteiger partial charge < -0.3 is 25.5 Å². The number of carbonyl (C=O) groups is 2. The van der Waals surface area contributed by atoms with Gasteiger partial charge in [-0.25, -0.2) is 0 Å².